The van der Waals surface area contributed by atoms with Crippen molar-refractivity contribution < 1.29 is 27.5 Å². The Hall–Kier alpha value is -3.34. The van der Waals surface area contributed by atoms with Crippen LogP contribution in [0.1, 0.15) is 33.3 Å². The maximum Gasteiger partial charge on any atom is 0.412 e. The van der Waals surface area contributed by atoms with Gasteiger partial charge in [-0.3, -0.25) is 19.4 Å². The summed E-state index contributed by atoms with van der Waals surface area (Å²) in [5.41, 5.74) is 0.601. The Morgan fingerprint density at radius 2 is 1.97 bits per heavy atom. The molecule has 0 saturated heterocycles. The van der Waals surface area contributed by atoms with Gasteiger partial charge >= 0.3 is 6.09 Å². The molecule has 1 aromatic heterocycles. The lowest BCUT2D eigenvalue weighted by atomic mass is 10.2. The van der Waals surface area contributed by atoms with E-state index in [1.54, 1.807) is 46.0 Å². The first kappa shape index (κ1) is 24.3. The second-order valence-corrected chi connectivity index (χ2v) is 10.6. The number of fused-ring (bicyclic) bond motifs is 1. The molecule has 1 aliphatic rings. The number of hydrogen-bond donors (Lipinski definition) is 2. The number of anilines is 2. The monoisotopic (exact) mass is 476 g/mol. The first-order valence-electron chi connectivity index (χ1n) is 10.3. The van der Waals surface area contributed by atoms with Crippen molar-refractivity contribution in [3.05, 3.63) is 42.2 Å². The van der Waals surface area contributed by atoms with E-state index in [1.165, 1.54) is 29.6 Å². The highest BCUT2D eigenvalue weighted by Crippen LogP contribution is 2.39. The van der Waals surface area contributed by atoms with Crippen LogP contribution in [0.25, 0.3) is 0 Å². The molecular formula is C22H28N4O6S. The van der Waals surface area contributed by atoms with Crippen LogP contribution in [0, 0.1) is 6.92 Å². The molecule has 1 unspecified atom stereocenters. The van der Waals surface area contributed by atoms with Crippen LogP contribution in [0.5, 0.6) is 5.75 Å². The second kappa shape index (κ2) is 9.26. The minimum absolute atomic E-state index is 0.0270. The van der Waals surface area contributed by atoms with Gasteiger partial charge in [-0.05, 0) is 57.5 Å². The van der Waals surface area contributed by atoms with Gasteiger partial charge in [0.15, 0.2) is 0 Å². The molecule has 1 aliphatic heterocycles. The van der Waals surface area contributed by atoms with Crippen LogP contribution in [0.3, 0.4) is 0 Å². The number of rotatable bonds is 5. The lowest BCUT2D eigenvalue weighted by molar-refractivity contribution is -0.119. The van der Waals surface area contributed by atoms with Crippen LogP contribution < -0.4 is 19.7 Å². The van der Waals surface area contributed by atoms with Crippen molar-refractivity contribution in [1.82, 2.24) is 10.3 Å². The summed E-state index contributed by atoms with van der Waals surface area (Å²) < 4.78 is 39.5. The number of benzene rings is 1. The summed E-state index contributed by atoms with van der Waals surface area (Å²) in [5.74, 6) is 0.0501. The molecule has 2 aromatic rings. The average Bonchev–Trinajstić information content (AvgIpc) is 2.70. The van der Waals surface area contributed by atoms with Crippen LogP contribution in [0.4, 0.5) is 16.2 Å². The van der Waals surface area contributed by atoms with Gasteiger partial charge in [0.2, 0.25) is 5.91 Å². The van der Waals surface area contributed by atoms with E-state index in [1.807, 2.05) is 0 Å². The molecule has 2 N–H and O–H groups in total. The summed E-state index contributed by atoms with van der Waals surface area (Å²) in [6.45, 7) is 8.44. The zero-order valence-electron chi connectivity index (χ0n) is 19.2. The van der Waals surface area contributed by atoms with E-state index in [4.69, 9.17) is 9.47 Å². The minimum atomic E-state index is -4.01. The maximum atomic E-state index is 13.5. The fraction of sp³-hybridized carbons (Fsp3) is 0.409. The lowest BCUT2D eigenvalue weighted by Gasteiger charge is -2.35. The molecule has 3 rings (SSSR count). The van der Waals surface area contributed by atoms with Crippen molar-refractivity contribution in [3.8, 4) is 5.75 Å². The van der Waals surface area contributed by atoms with Crippen molar-refractivity contribution in [2.45, 2.75) is 51.2 Å². The Labute approximate surface area is 193 Å². The zero-order chi connectivity index (χ0) is 24.4. The van der Waals surface area contributed by atoms with E-state index in [9.17, 15) is 18.0 Å². The first-order chi connectivity index (χ1) is 15.3. The Kier molecular flexibility index (Phi) is 6.82. The lowest BCUT2D eigenvalue weighted by Crippen LogP contribution is -2.48. The fourth-order valence-corrected chi connectivity index (χ4v) is 4.75. The summed E-state index contributed by atoms with van der Waals surface area (Å²) in [6, 6.07) is 6.19. The number of pyridine rings is 1. The highest BCUT2D eigenvalue weighted by Gasteiger charge is 2.35. The topological polar surface area (TPSA) is 127 Å². The second-order valence-electron chi connectivity index (χ2n) is 8.72. The van der Waals surface area contributed by atoms with Gasteiger partial charge in [0.25, 0.3) is 10.0 Å². The van der Waals surface area contributed by atoms with Gasteiger partial charge in [0.1, 0.15) is 22.4 Å². The Balaban J connectivity index is 1.99. The molecule has 0 spiro atoms. The van der Waals surface area contributed by atoms with Crippen molar-refractivity contribution in [2.24, 2.45) is 0 Å². The number of carbonyl (C=O) groups excluding carboxylic acids is 2. The normalized spacial score (nSPS) is 15.8. The third-order valence-electron chi connectivity index (χ3n) is 4.55. The van der Waals surface area contributed by atoms with E-state index in [2.05, 4.69) is 15.6 Å². The summed E-state index contributed by atoms with van der Waals surface area (Å²) in [4.78, 5) is 27.6. The quantitative estimate of drug-likeness (QED) is 0.679. The Morgan fingerprint density at radius 1 is 1.24 bits per heavy atom. The van der Waals surface area contributed by atoms with Crippen LogP contribution in [0.15, 0.2) is 41.6 Å². The van der Waals surface area contributed by atoms with Crippen LogP contribution >= 0.6 is 0 Å². The first-order valence-corrected chi connectivity index (χ1v) is 11.8. The molecule has 10 nitrogen and oxygen atoms in total. The standard InChI is InChI=1S/C22H28N4O6S/c1-14-8-18(12-23-10-14)33(29,30)26-13-17(11-24-15(2)27)31-20-7-6-16(9-19(20)26)25-21(28)32-22(3,4)5/h6-10,12,17H,11,13H2,1-5H3,(H,24,27)(H,25,28). The number of hydrogen-bond acceptors (Lipinski definition) is 7. The van der Waals surface area contributed by atoms with Gasteiger partial charge < -0.3 is 14.8 Å². The molecule has 11 heteroatoms. The fourth-order valence-electron chi connectivity index (χ4n) is 3.20. The number of aromatic nitrogens is 1. The van der Waals surface area contributed by atoms with E-state index < -0.39 is 27.8 Å². The summed E-state index contributed by atoms with van der Waals surface area (Å²) in [5, 5.41) is 5.27. The van der Waals surface area contributed by atoms with Gasteiger partial charge in [-0.15, -0.1) is 0 Å². The summed E-state index contributed by atoms with van der Waals surface area (Å²) >= 11 is 0. The van der Waals surface area contributed by atoms with Gasteiger partial charge in [0, 0.05) is 25.0 Å². The number of nitrogens with one attached hydrogen (secondary N) is 2. The minimum Gasteiger partial charge on any atom is -0.484 e. The number of amides is 2. The molecule has 178 valence electrons. The van der Waals surface area contributed by atoms with E-state index >= 15 is 0 Å². The molecule has 1 atom stereocenters. The molecule has 2 heterocycles. The zero-order valence-corrected chi connectivity index (χ0v) is 20.0. The average molecular weight is 477 g/mol. The van der Waals surface area contributed by atoms with Gasteiger partial charge in [-0.1, -0.05) is 0 Å². The van der Waals surface area contributed by atoms with Crippen LogP contribution in [-0.2, 0) is 19.6 Å². The van der Waals surface area contributed by atoms with Crippen molar-refractivity contribution in [3.63, 3.8) is 0 Å². The third kappa shape index (κ3) is 6.13. The Bertz CT molecular complexity index is 1160. The van der Waals surface area contributed by atoms with Crippen molar-refractivity contribution in [1.29, 1.82) is 0 Å². The molecule has 0 aliphatic carbocycles. The molecule has 1 aromatic carbocycles. The third-order valence-corrected chi connectivity index (χ3v) is 6.30. The summed E-state index contributed by atoms with van der Waals surface area (Å²) in [6.07, 6.45) is 1.57. The highest BCUT2D eigenvalue weighted by molar-refractivity contribution is 7.92. The van der Waals surface area contributed by atoms with Crippen LogP contribution in [-0.4, -0.2) is 50.2 Å². The molecule has 0 fully saturated rings. The van der Waals surface area contributed by atoms with Gasteiger partial charge in [0.05, 0.1) is 18.8 Å². The smallest absolute Gasteiger partial charge is 0.412 e. The SMILES string of the molecule is CC(=O)NCC1CN(S(=O)(=O)c2cncc(C)c2)c2cc(NC(=O)OC(C)(C)C)ccc2O1. The van der Waals surface area contributed by atoms with E-state index in [-0.39, 0.29) is 29.6 Å². The number of nitrogens with zero attached hydrogens (tertiary/aromatic N) is 2. The molecule has 2 amide bonds. The maximum absolute atomic E-state index is 13.5. The number of ether oxygens (including phenoxy) is 2. The molecular weight excluding hydrogens is 448 g/mol. The van der Waals surface area contributed by atoms with Gasteiger partial charge in [-0.2, -0.15) is 0 Å². The molecule has 0 bridgehead atoms. The number of carbonyl (C=O) groups is 2. The Morgan fingerprint density at radius 3 is 2.61 bits per heavy atom. The summed E-state index contributed by atoms with van der Waals surface area (Å²) in [7, 11) is -4.01. The van der Waals surface area contributed by atoms with Crippen LogP contribution in [0.2, 0.25) is 0 Å². The predicted molar refractivity (Wildman–Crippen MR) is 123 cm³/mol. The molecule has 0 radical (unpaired) electrons. The highest BCUT2D eigenvalue weighted by atomic mass is 32.2. The van der Waals surface area contributed by atoms with Gasteiger partial charge in [-0.25, -0.2) is 13.2 Å². The van der Waals surface area contributed by atoms with Crippen molar-refractivity contribution in [2.75, 3.05) is 22.7 Å². The predicted octanol–water partition coefficient (Wildman–Crippen LogP) is 2.83. The number of aryl methyl sites for hydroxylation is 1. The van der Waals surface area contributed by atoms with E-state index in [0.717, 1.165) is 0 Å². The largest absolute Gasteiger partial charge is 0.484 e. The van der Waals surface area contributed by atoms with Crippen molar-refractivity contribution >= 4 is 33.4 Å². The van der Waals surface area contributed by atoms with E-state index in [0.29, 0.717) is 17.0 Å². The number of sulfonamides is 1. The molecule has 0 saturated carbocycles. The molecule has 33 heavy (non-hydrogen) atoms.